The van der Waals surface area contributed by atoms with Crippen molar-refractivity contribution in [3.05, 3.63) is 29.8 Å². The van der Waals surface area contributed by atoms with Crippen molar-refractivity contribution in [2.45, 2.75) is 48.3 Å². The third-order valence-corrected chi connectivity index (χ3v) is 8.80. The molecule has 1 aromatic carbocycles. The number of amides is 1. The first-order valence-electron chi connectivity index (χ1n) is 7.69. The number of hydrogen-bond donors (Lipinski definition) is 2. The van der Waals surface area contributed by atoms with Crippen LogP contribution in [0.15, 0.2) is 29.2 Å². The Labute approximate surface area is 152 Å². The smallest absolute Gasteiger partial charge is 0.306 e. The average Bonchev–Trinajstić information content (AvgIpc) is 2.67. The van der Waals surface area contributed by atoms with E-state index in [1.165, 1.54) is 26.0 Å². The number of nitrogens with zero attached hydrogens (tertiary/aromatic N) is 1. The number of carbonyl (C=O) groups excluding carboxylic acids is 2. The Balaban J connectivity index is 1.78. The highest BCUT2D eigenvalue weighted by Gasteiger charge is 2.68. The zero-order valence-corrected chi connectivity index (χ0v) is 15.9. The zero-order valence-electron chi connectivity index (χ0n) is 14.3. The maximum absolute atomic E-state index is 12.4. The van der Waals surface area contributed by atoms with Gasteiger partial charge >= 0.3 is 16.1 Å². The summed E-state index contributed by atoms with van der Waals surface area (Å²) in [7, 11) is -7.66. The topological polar surface area (TPSA) is 130 Å². The SMILES string of the molecule is Cc1ccc(S(=O)(=O)OOC(=O)[C@@H]2N3C(=O)C[C@H]3S(O)(O)C2(C)C)cc1. The van der Waals surface area contributed by atoms with Gasteiger partial charge in [-0.25, -0.2) is 4.79 Å². The second kappa shape index (κ2) is 5.92. The Kier molecular flexibility index (Phi) is 4.36. The number of aryl methyl sites for hydroxylation is 1. The molecule has 2 fully saturated rings. The average molecular weight is 405 g/mol. The Bertz CT molecular complexity index is 862. The molecule has 0 bridgehead atoms. The van der Waals surface area contributed by atoms with Gasteiger partial charge in [0.1, 0.15) is 5.37 Å². The van der Waals surface area contributed by atoms with E-state index in [4.69, 9.17) is 0 Å². The lowest BCUT2D eigenvalue weighted by atomic mass is 9.98. The van der Waals surface area contributed by atoms with Crippen molar-refractivity contribution in [2.75, 3.05) is 0 Å². The molecule has 0 aromatic heterocycles. The first-order valence-corrected chi connectivity index (χ1v) is 10.7. The number of carbonyl (C=O) groups is 2. The molecule has 26 heavy (non-hydrogen) atoms. The minimum absolute atomic E-state index is 0.0853. The van der Waals surface area contributed by atoms with Crippen LogP contribution in [-0.2, 0) is 28.9 Å². The molecular weight excluding hydrogens is 386 g/mol. The highest BCUT2D eigenvalue weighted by Crippen LogP contribution is 2.68. The van der Waals surface area contributed by atoms with E-state index in [0.717, 1.165) is 10.5 Å². The Morgan fingerprint density at radius 1 is 1.27 bits per heavy atom. The Hall–Kier alpha value is -1.66. The van der Waals surface area contributed by atoms with E-state index < -0.39 is 48.7 Å². The van der Waals surface area contributed by atoms with Gasteiger partial charge < -0.3 is 4.90 Å². The first kappa shape index (κ1) is 19.1. The van der Waals surface area contributed by atoms with Crippen LogP contribution >= 0.6 is 10.6 Å². The summed E-state index contributed by atoms with van der Waals surface area (Å²) in [6, 6.07) is 4.34. The molecule has 2 aliphatic rings. The highest BCUT2D eigenvalue weighted by molar-refractivity contribution is 8.26. The lowest BCUT2D eigenvalue weighted by Crippen LogP contribution is -2.57. The van der Waals surface area contributed by atoms with Crippen molar-refractivity contribution in [1.29, 1.82) is 0 Å². The van der Waals surface area contributed by atoms with E-state index in [-0.39, 0.29) is 11.3 Å². The van der Waals surface area contributed by atoms with E-state index in [0.29, 0.717) is 0 Å². The van der Waals surface area contributed by atoms with Crippen LogP contribution in [0, 0.1) is 6.92 Å². The largest absolute Gasteiger partial charge is 0.368 e. The summed E-state index contributed by atoms with van der Waals surface area (Å²) in [5.41, 5.74) is 0.834. The van der Waals surface area contributed by atoms with Crippen molar-refractivity contribution in [2.24, 2.45) is 0 Å². The zero-order chi connectivity index (χ0) is 19.5. The van der Waals surface area contributed by atoms with Gasteiger partial charge in [-0.3, -0.25) is 18.8 Å². The number of rotatable bonds is 4. The van der Waals surface area contributed by atoms with E-state index in [2.05, 4.69) is 9.22 Å². The van der Waals surface area contributed by atoms with E-state index in [1.807, 2.05) is 0 Å². The molecule has 2 aliphatic heterocycles. The van der Waals surface area contributed by atoms with Gasteiger partial charge in [0.25, 0.3) is 0 Å². The molecule has 2 atom stereocenters. The number of benzene rings is 1. The minimum atomic E-state index is -4.36. The molecule has 0 unspecified atom stereocenters. The summed E-state index contributed by atoms with van der Waals surface area (Å²) in [5, 5.41) is -0.878. The molecule has 1 aromatic rings. The lowest BCUT2D eigenvalue weighted by Gasteiger charge is -2.46. The molecular formula is C15H19NO8S2. The predicted octanol–water partition coefficient (Wildman–Crippen LogP) is 1.63. The summed E-state index contributed by atoms with van der Waals surface area (Å²) in [5.74, 6) is -1.62. The highest BCUT2D eigenvalue weighted by atomic mass is 32.3. The van der Waals surface area contributed by atoms with Gasteiger partial charge in [0.05, 0.1) is 16.1 Å². The van der Waals surface area contributed by atoms with Crippen LogP contribution in [0.25, 0.3) is 0 Å². The minimum Gasteiger partial charge on any atom is -0.306 e. The molecule has 3 rings (SSSR count). The molecule has 2 heterocycles. The lowest BCUT2D eigenvalue weighted by molar-refractivity contribution is -0.219. The molecule has 0 aliphatic carbocycles. The van der Waals surface area contributed by atoms with Crippen LogP contribution in [0.5, 0.6) is 0 Å². The van der Waals surface area contributed by atoms with Crippen LogP contribution < -0.4 is 0 Å². The summed E-state index contributed by atoms with van der Waals surface area (Å²) in [6.45, 7) is 4.60. The van der Waals surface area contributed by atoms with Gasteiger partial charge in [0.15, 0.2) is 6.04 Å². The fourth-order valence-electron chi connectivity index (χ4n) is 3.10. The van der Waals surface area contributed by atoms with Gasteiger partial charge in [-0.2, -0.15) is 19.0 Å². The molecule has 9 nitrogen and oxygen atoms in total. The van der Waals surface area contributed by atoms with Crippen molar-refractivity contribution in [3.63, 3.8) is 0 Å². The number of β-lactam (4-membered cyclic amide) rings is 1. The maximum Gasteiger partial charge on any atom is 0.368 e. The summed E-state index contributed by atoms with van der Waals surface area (Å²) >= 11 is 0. The molecule has 0 radical (unpaired) electrons. The van der Waals surface area contributed by atoms with Crippen LogP contribution in [0.3, 0.4) is 0 Å². The summed E-state index contributed by atoms with van der Waals surface area (Å²) < 4.78 is 47.9. The number of fused-ring (bicyclic) bond motifs is 1. The van der Waals surface area contributed by atoms with Gasteiger partial charge in [0.2, 0.25) is 5.91 Å². The molecule has 2 N–H and O–H groups in total. The van der Waals surface area contributed by atoms with Crippen molar-refractivity contribution < 1.29 is 36.3 Å². The van der Waals surface area contributed by atoms with Gasteiger partial charge in [-0.1, -0.05) is 17.7 Å². The van der Waals surface area contributed by atoms with Crippen molar-refractivity contribution >= 4 is 32.6 Å². The molecule has 0 spiro atoms. The fourth-order valence-corrected chi connectivity index (χ4v) is 5.98. The van der Waals surface area contributed by atoms with E-state index in [1.54, 1.807) is 19.1 Å². The van der Waals surface area contributed by atoms with Crippen LogP contribution in [0.4, 0.5) is 0 Å². The standard InChI is InChI=1S/C15H19NO8S2/c1-9-4-6-10(7-5-9)26(21,22)24-23-14(18)13-15(2,3)25(19,20)12-8-11(17)16(12)13/h4-7,12-13,19-20H,8H2,1-3H3/t12-,13+/m1/s1. The van der Waals surface area contributed by atoms with Crippen LogP contribution in [0.1, 0.15) is 25.8 Å². The maximum atomic E-state index is 12.4. The monoisotopic (exact) mass is 405 g/mol. The van der Waals surface area contributed by atoms with Crippen molar-refractivity contribution in [3.8, 4) is 0 Å². The van der Waals surface area contributed by atoms with Crippen LogP contribution in [0.2, 0.25) is 0 Å². The van der Waals surface area contributed by atoms with Crippen LogP contribution in [-0.4, -0.2) is 50.5 Å². The molecule has 2 saturated heterocycles. The molecule has 1 amide bonds. The van der Waals surface area contributed by atoms with Gasteiger partial charge in [-0.05, 0) is 37.2 Å². The quantitative estimate of drug-likeness (QED) is 0.439. The third kappa shape index (κ3) is 2.70. The van der Waals surface area contributed by atoms with Gasteiger partial charge in [0, 0.05) is 0 Å². The second-order valence-electron chi connectivity index (χ2n) is 6.80. The summed E-state index contributed by atoms with van der Waals surface area (Å²) in [6.07, 6.45) is -0.0853. The normalized spacial score (nSPS) is 27.4. The Morgan fingerprint density at radius 3 is 2.38 bits per heavy atom. The molecule has 144 valence electrons. The van der Waals surface area contributed by atoms with E-state index >= 15 is 0 Å². The first-order chi connectivity index (χ1) is 11.9. The Morgan fingerprint density at radius 2 is 1.85 bits per heavy atom. The molecule has 0 saturated carbocycles. The fraction of sp³-hybridized carbons (Fsp3) is 0.467. The third-order valence-electron chi connectivity index (χ3n) is 4.78. The molecule has 11 heteroatoms. The van der Waals surface area contributed by atoms with Crippen molar-refractivity contribution in [1.82, 2.24) is 4.90 Å². The number of hydrogen-bond acceptors (Lipinski definition) is 8. The van der Waals surface area contributed by atoms with E-state index in [9.17, 15) is 27.1 Å². The predicted molar refractivity (Wildman–Crippen MR) is 91.5 cm³/mol. The second-order valence-corrected chi connectivity index (χ2v) is 11.1. The van der Waals surface area contributed by atoms with Gasteiger partial charge in [-0.15, -0.1) is 0 Å². The summed E-state index contributed by atoms with van der Waals surface area (Å²) in [4.78, 5) is 29.5.